The van der Waals surface area contributed by atoms with Crippen LogP contribution in [-0.2, 0) is 9.53 Å². The topological polar surface area (TPSA) is 66.8 Å². The summed E-state index contributed by atoms with van der Waals surface area (Å²) in [5, 5.41) is 18.5. The van der Waals surface area contributed by atoms with Crippen LogP contribution in [0.4, 0.5) is 0 Å². The third-order valence-corrected chi connectivity index (χ3v) is 5.98. The maximum atomic E-state index is 10.9. The van der Waals surface area contributed by atoms with Crippen molar-refractivity contribution < 1.29 is 24.2 Å². The summed E-state index contributed by atoms with van der Waals surface area (Å²) in [5.74, 6) is -0.310. The maximum absolute atomic E-state index is 10.9. The average molecular weight is 431 g/mol. The number of rotatable bonds is 22. The Morgan fingerprint density at radius 3 is 1.57 bits per heavy atom. The number of aliphatic hydroxyl groups is 1. The number of nitrogens with zero attached hydrogens (tertiary/aromatic N) is 1. The third kappa shape index (κ3) is 18.1. The Morgan fingerprint density at radius 2 is 1.13 bits per heavy atom. The lowest BCUT2D eigenvalue weighted by Crippen LogP contribution is -2.53. The van der Waals surface area contributed by atoms with E-state index in [-0.39, 0.29) is 4.48 Å². The van der Waals surface area contributed by atoms with Gasteiger partial charge in [0.1, 0.15) is 0 Å². The first-order chi connectivity index (χ1) is 14.3. The third-order valence-electron chi connectivity index (χ3n) is 5.98. The summed E-state index contributed by atoms with van der Waals surface area (Å²) in [6.45, 7) is 6.64. The number of quaternary nitrogens is 1. The lowest BCUT2D eigenvalue weighted by Gasteiger charge is -2.31. The minimum atomic E-state index is -1.37. The quantitative estimate of drug-likeness (QED) is 0.126. The monoisotopic (exact) mass is 430 g/mol. The molecule has 180 valence electrons. The zero-order valence-corrected chi connectivity index (χ0v) is 20.5. The molecular weight excluding hydrogens is 378 g/mol. The molecule has 2 N–H and O–H groups in total. The second kappa shape index (κ2) is 19.1. The predicted octanol–water partition coefficient (Wildman–Crippen LogP) is 5.99. The van der Waals surface area contributed by atoms with Crippen LogP contribution in [0.3, 0.4) is 0 Å². The number of likely N-dealkylation sites (N-methyl/N-ethyl adjacent to an activating group) is 1. The van der Waals surface area contributed by atoms with Crippen LogP contribution in [0.2, 0.25) is 0 Å². The molecule has 0 bridgehead atoms. The molecule has 0 aromatic rings. The summed E-state index contributed by atoms with van der Waals surface area (Å²) >= 11 is 0. The molecule has 0 fully saturated rings. The van der Waals surface area contributed by atoms with E-state index in [9.17, 15) is 9.90 Å². The van der Waals surface area contributed by atoms with E-state index in [1.54, 1.807) is 14.1 Å². The van der Waals surface area contributed by atoms with Gasteiger partial charge in [0, 0.05) is 13.0 Å². The minimum absolute atomic E-state index is 0.0665. The number of carboxylic acid groups (broad SMARTS) is 1. The molecule has 0 spiro atoms. The van der Waals surface area contributed by atoms with E-state index >= 15 is 0 Å². The fourth-order valence-corrected chi connectivity index (χ4v) is 3.80. The number of hydrogen-bond acceptors (Lipinski definition) is 3. The number of aliphatic hydroxyl groups excluding tert-OH is 1. The summed E-state index contributed by atoms with van der Waals surface area (Å²) in [5.41, 5.74) is 0. The predicted molar refractivity (Wildman–Crippen MR) is 126 cm³/mol. The first-order valence-electron chi connectivity index (χ1n) is 12.6. The van der Waals surface area contributed by atoms with Gasteiger partial charge in [-0.25, -0.2) is 4.79 Å². The van der Waals surface area contributed by atoms with Gasteiger partial charge < -0.3 is 14.9 Å². The summed E-state index contributed by atoms with van der Waals surface area (Å²) in [6, 6.07) is 0. The van der Waals surface area contributed by atoms with Crippen LogP contribution < -0.4 is 0 Å². The molecule has 0 saturated heterocycles. The van der Waals surface area contributed by atoms with Crippen molar-refractivity contribution in [3.8, 4) is 0 Å². The van der Waals surface area contributed by atoms with E-state index < -0.39 is 12.2 Å². The second-order valence-corrected chi connectivity index (χ2v) is 9.96. The number of carboxylic acids is 1. The van der Waals surface area contributed by atoms with Gasteiger partial charge in [-0.15, -0.1) is 0 Å². The molecular formula is C25H52NO4+. The Kier molecular flexibility index (Phi) is 18.7. The summed E-state index contributed by atoms with van der Waals surface area (Å²) < 4.78 is 5.72. The molecule has 0 amide bonds. The summed E-state index contributed by atoms with van der Waals surface area (Å²) in [7, 11) is 3.46. The van der Waals surface area contributed by atoms with Crippen LogP contribution in [0, 0.1) is 5.92 Å². The van der Waals surface area contributed by atoms with Crippen molar-refractivity contribution in [3.63, 3.8) is 0 Å². The maximum Gasteiger partial charge on any atom is 0.392 e. The number of unbranched alkanes of at least 4 members (excludes halogenated alkanes) is 12. The highest BCUT2D eigenvalue weighted by Crippen LogP contribution is 2.14. The van der Waals surface area contributed by atoms with Crippen molar-refractivity contribution in [2.24, 2.45) is 5.92 Å². The van der Waals surface area contributed by atoms with Gasteiger partial charge in [-0.3, -0.25) is 4.48 Å². The van der Waals surface area contributed by atoms with Gasteiger partial charge in [0.25, 0.3) is 6.23 Å². The van der Waals surface area contributed by atoms with Gasteiger partial charge in [-0.2, -0.15) is 0 Å². The molecule has 0 aliphatic carbocycles. The fraction of sp³-hybridized carbons (Fsp3) is 0.960. The minimum Gasteiger partial charge on any atom is -0.475 e. The van der Waals surface area contributed by atoms with Gasteiger partial charge in [-0.05, 0) is 12.3 Å². The molecule has 0 aromatic carbocycles. The Labute approximate surface area is 186 Å². The SMILES string of the molecule is CC(C)CCCCCCCCCCCCCCCOCCC[N+](C)(C)C(O)C(=O)O. The van der Waals surface area contributed by atoms with E-state index in [2.05, 4.69) is 13.8 Å². The second-order valence-electron chi connectivity index (χ2n) is 9.96. The van der Waals surface area contributed by atoms with Gasteiger partial charge in [0.15, 0.2) is 0 Å². The van der Waals surface area contributed by atoms with Crippen LogP contribution in [0.1, 0.15) is 110 Å². The summed E-state index contributed by atoms with van der Waals surface area (Å²) in [6.07, 6.45) is 18.4. The molecule has 0 aliphatic rings. The zero-order chi connectivity index (χ0) is 22.7. The van der Waals surface area contributed by atoms with Crippen molar-refractivity contribution >= 4 is 5.97 Å². The Balaban J connectivity index is 3.24. The molecule has 0 saturated carbocycles. The van der Waals surface area contributed by atoms with Crippen molar-refractivity contribution in [1.82, 2.24) is 0 Å². The van der Waals surface area contributed by atoms with Crippen LogP contribution >= 0.6 is 0 Å². The van der Waals surface area contributed by atoms with E-state index in [0.29, 0.717) is 13.2 Å². The van der Waals surface area contributed by atoms with Crippen molar-refractivity contribution in [1.29, 1.82) is 0 Å². The highest BCUT2D eigenvalue weighted by molar-refractivity contribution is 5.70. The normalized spacial score (nSPS) is 13.1. The molecule has 0 aliphatic heterocycles. The number of carbonyl (C=O) groups is 1. The average Bonchev–Trinajstić information content (AvgIpc) is 2.68. The molecule has 0 aromatic heterocycles. The molecule has 30 heavy (non-hydrogen) atoms. The zero-order valence-electron chi connectivity index (χ0n) is 20.5. The molecule has 5 nitrogen and oxygen atoms in total. The van der Waals surface area contributed by atoms with Crippen LogP contribution in [0.15, 0.2) is 0 Å². The molecule has 0 rings (SSSR count). The number of hydrogen-bond donors (Lipinski definition) is 2. The standard InChI is InChI=1S/C25H51NO4/c1-23(2)19-16-14-12-10-8-6-5-7-9-11-13-15-17-21-30-22-18-20-26(3,4)24(27)25(28)29/h23-24,27H,5-22H2,1-4H3/p+1. The van der Waals surface area contributed by atoms with Crippen molar-refractivity contribution in [3.05, 3.63) is 0 Å². The van der Waals surface area contributed by atoms with Crippen LogP contribution in [-0.4, -0.2) is 60.7 Å². The van der Waals surface area contributed by atoms with Gasteiger partial charge in [0.05, 0.1) is 27.2 Å². The Morgan fingerprint density at radius 1 is 0.733 bits per heavy atom. The lowest BCUT2D eigenvalue weighted by molar-refractivity contribution is -0.927. The Hall–Kier alpha value is -0.650. The van der Waals surface area contributed by atoms with E-state index in [1.807, 2.05) is 0 Å². The van der Waals surface area contributed by atoms with Crippen LogP contribution in [0.5, 0.6) is 0 Å². The molecule has 1 unspecified atom stereocenters. The number of aliphatic carboxylic acids is 1. The first-order valence-corrected chi connectivity index (χ1v) is 12.6. The van der Waals surface area contributed by atoms with E-state index in [0.717, 1.165) is 25.4 Å². The molecule has 1 atom stereocenters. The van der Waals surface area contributed by atoms with Gasteiger partial charge >= 0.3 is 5.97 Å². The smallest absolute Gasteiger partial charge is 0.392 e. The van der Waals surface area contributed by atoms with E-state index in [4.69, 9.17) is 9.84 Å². The molecule has 0 heterocycles. The van der Waals surface area contributed by atoms with Gasteiger partial charge in [0.2, 0.25) is 0 Å². The molecule has 5 heteroatoms. The first kappa shape index (κ1) is 29.4. The fourth-order valence-electron chi connectivity index (χ4n) is 3.80. The van der Waals surface area contributed by atoms with Crippen molar-refractivity contribution in [2.75, 3.05) is 33.9 Å². The lowest BCUT2D eigenvalue weighted by atomic mass is 10.0. The molecule has 0 radical (unpaired) electrons. The largest absolute Gasteiger partial charge is 0.475 e. The highest BCUT2D eigenvalue weighted by Gasteiger charge is 2.32. The van der Waals surface area contributed by atoms with E-state index in [1.165, 1.54) is 83.5 Å². The Bertz CT molecular complexity index is 399. The number of ether oxygens (including phenoxy) is 1. The highest BCUT2D eigenvalue weighted by atomic mass is 16.5. The summed E-state index contributed by atoms with van der Waals surface area (Å²) in [4.78, 5) is 10.9. The van der Waals surface area contributed by atoms with Gasteiger partial charge in [-0.1, -0.05) is 97.3 Å². The van der Waals surface area contributed by atoms with Crippen LogP contribution in [0.25, 0.3) is 0 Å². The van der Waals surface area contributed by atoms with Crippen molar-refractivity contribution in [2.45, 2.75) is 116 Å².